The maximum absolute atomic E-state index is 11.9. The van der Waals surface area contributed by atoms with Crippen LogP contribution in [0.1, 0.15) is 10.4 Å². The lowest BCUT2D eigenvalue weighted by molar-refractivity contribution is -0.140. The van der Waals surface area contributed by atoms with Gasteiger partial charge in [-0.3, -0.25) is 9.59 Å². The van der Waals surface area contributed by atoms with Crippen LogP contribution in [-0.2, 0) is 14.3 Å². The van der Waals surface area contributed by atoms with Gasteiger partial charge in [0.15, 0.2) is 24.7 Å². The van der Waals surface area contributed by atoms with Crippen LogP contribution in [0.5, 0.6) is 11.5 Å². The van der Waals surface area contributed by atoms with E-state index in [9.17, 15) is 27.6 Å². The van der Waals surface area contributed by atoms with Crippen LogP contribution in [0, 0.1) is 0 Å². The lowest BCUT2D eigenvalue weighted by Crippen LogP contribution is -2.36. The fourth-order valence-corrected chi connectivity index (χ4v) is 1.53. The van der Waals surface area contributed by atoms with Gasteiger partial charge in [-0.05, 0) is 18.2 Å². The van der Waals surface area contributed by atoms with Crippen LogP contribution in [0.3, 0.4) is 0 Å². The number of amides is 2. The van der Waals surface area contributed by atoms with E-state index in [0.717, 1.165) is 0 Å². The molecule has 0 saturated heterocycles. The number of benzene rings is 1. The number of esters is 1. The van der Waals surface area contributed by atoms with Crippen molar-refractivity contribution in [1.29, 1.82) is 0 Å². The second-order valence-corrected chi connectivity index (χ2v) is 4.59. The Labute approximate surface area is 140 Å². The summed E-state index contributed by atoms with van der Waals surface area (Å²) in [6.45, 7) is -2.81. The first-order valence-electron chi connectivity index (χ1n) is 6.72. The summed E-state index contributed by atoms with van der Waals surface area (Å²) in [4.78, 5) is 33.7. The zero-order valence-electron chi connectivity index (χ0n) is 13.0. The predicted octanol–water partition coefficient (Wildman–Crippen LogP) is 0.395. The zero-order valence-corrected chi connectivity index (χ0v) is 13.0. The summed E-state index contributed by atoms with van der Waals surface area (Å²) >= 11 is 0. The molecule has 0 unspecified atom stereocenters. The highest BCUT2D eigenvalue weighted by molar-refractivity contribution is 5.92. The third-order valence-electron chi connectivity index (χ3n) is 2.59. The monoisotopic (exact) mass is 364 g/mol. The molecule has 0 bridgehead atoms. The van der Waals surface area contributed by atoms with Crippen molar-refractivity contribution in [1.82, 2.24) is 5.32 Å². The average molecular weight is 364 g/mol. The van der Waals surface area contributed by atoms with Gasteiger partial charge in [-0.25, -0.2) is 4.79 Å². The van der Waals surface area contributed by atoms with E-state index in [1.807, 2.05) is 0 Å². The molecule has 0 heterocycles. The van der Waals surface area contributed by atoms with Crippen molar-refractivity contribution in [3.05, 3.63) is 23.8 Å². The summed E-state index contributed by atoms with van der Waals surface area (Å²) in [6.07, 6.45) is -4.56. The average Bonchev–Trinajstić information content (AvgIpc) is 2.54. The maximum Gasteiger partial charge on any atom is 0.405 e. The van der Waals surface area contributed by atoms with Crippen molar-refractivity contribution >= 4 is 17.8 Å². The summed E-state index contributed by atoms with van der Waals surface area (Å²) in [5.41, 5.74) is 4.91. The first kappa shape index (κ1) is 20.1. The Hall–Kier alpha value is -2.98. The molecular formula is C14H15F3N2O6. The molecule has 0 saturated carbocycles. The van der Waals surface area contributed by atoms with Gasteiger partial charge in [0.25, 0.3) is 11.8 Å². The van der Waals surface area contributed by atoms with E-state index in [4.69, 9.17) is 15.2 Å². The minimum absolute atomic E-state index is 0.0353. The second kappa shape index (κ2) is 8.76. The Bertz CT molecular complexity index is 648. The van der Waals surface area contributed by atoms with Crippen molar-refractivity contribution in [3.8, 4) is 11.5 Å². The topological polar surface area (TPSA) is 117 Å². The molecule has 25 heavy (non-hydrogen) atoms. The highest BCUT2D eigenvalue weighted by Crippen LogP contribution is 2.28. The third-order valence-corrected chi connectivity index (χ3v) is 2.59. The Kier molecular flexibility index (Phi) is 7.03. The summed E-state index contributed by atoms with van der Waals surface area (Å²) in [6, 6.07) is 3.78. The number of carbonyl (C=O) groups is 3. The van der Waals surface area contributed by atoms with Gasteiger partial charge in [0.1, 0.15) is 6.54 Å². The van der Waals surface area contributed by atoms with E-state index in [1.54, 1.807) is 5.32 Å². The molecule has 0 spiro atoms. The van der Waals surface area contributed by atoms with Crippen LogP contribution in [-0.4, -0.2) is 50.8 Å². The Morgan fingerprint density at radius 2 is 1.84 bits per heavy atom. The van der Waals surface area contributed by atoms with Gasteiger partial charge in [-0.15, -0.1) is 0 Å². The summed E-state index contributed by atoms with van der Waals surface area (Å²) in [5, 5.41) is 1.56. The molecule has 0 aliphatic carbocycles. The van der Waals surface area contributed by atoms with Crippen LogP contribution >= 0.6 is 0 Å². The Morgan fingerprint density at radius 1 is 1.16 bits per heavy atom. The van der Waals surface area contributed by atoms with Crippen molar-refractivity contribution in [2.75, 3.05) is 26.9 Å². The molecule has 0 aliphatic rings. The van der Waals surface area contributed by atoms with E-state index in [0.29, 0.717) is 0 Å². The van der Waals surface area contributed by atoms with Crippen LogP contribution < -0.4 is 20.5 Å². The molecule has 0 atom stereocenters. The van der Waals surface area contributed by atoms with E-state index in [2.05, 4.69) is 4.74 Å². The highest BCUT2D eigenvalue weighted by Gasteiger charge is 2.27. The fraction of sp³-hybridized carbons (Fsp3) is 0.357. The molecule has 1 aromatic rings. The molecule has 1 aromatic carbocycles. The van der Waals surface area contributed by atoms with Gasteiger partial charge in [-0.1, -0.05) is 0 Å². The van der Waals surface area contributed by atoms with E-state index in [1.165, 1.54) is 25.3 Å². The molecule has 3 N–H and O–H groups in total. The van der Waals surface area contributed by atoms with E-state index in [-0.39, 0.29) is 17.1 Å². The lowest BCUT2D eigenvalue weighted by atomic mass is 10.2. The number of carbonyl (C=O) groups excluding carboxylic acids is 3. The van der Waals surface area contributed by atoms with Crippen molar-refractivity contribution in [2.45, 2.75) is 6.18 Å². The number of rotatable bonds is 8. The second-order valence-electron chi connectivity index (χ2n) is 4.59. The minimum Gasteiger partial charge on any atom is -0.493 e. The molecule has 2 amide bonds. The first-order chi connectivity index (χ1) is 11.6. The molecule has 0 aliphatic heterocycles. The number of methoxy groups -OCH3 is 1. The standard InChI is InChI=1S/C14H15F3N2O6/c1-23-10-4-8(2-3-9(10)24-5-11(18)20)13(22)25-6-12(21)19-7-14(15,16)17/h2-4H,5-7H2,1H3,(H2,18,20)(H,19,21). The molecule has 0 radical (unpaired) electrons. The molecule has 8 nitrogen and oxygen atoms in total. The van der Waals surface area contributed by atoms with Crippen molar-refractivity contribution in [3.63, 3.8) is 0 Å². The van der Waals surface area contributed by atoms with Gasteiger partial charge in [-0.2, -0.15) is 13.2 Å². The first-order valence-corrected chi connectivity index (χ1v) is 6.72. The predicted molar refractivity (Wildman–Crippen MR) is 77.0 cm³/mol. The molecule has 11 heteroatoms. The van der Waals surface area contributed by atoms with Crippen molar-refractivity contribution in [2.24, 2.45) is 5.73 Å². The number of nitrogens with one attached hydrogen (secondary N) is 1. The molecule has 138 valence electrons. The number of nitrogens with two attached hydrogens (primary N) is 1. The van der Waals surface area contributed by atoms with Gasteiger partial charge in [0, 0.05) is 0 Å². The largest absolute Gasteiger partial charge is 0.493 e. The molecular weight excluding hydrogens is 349 g/mol. The number of hydrogen-bond acceptors (Lipinski definition) is 6. The number of alkyl halides is 3. The molecule has 1 rings (SSSR count). The normalized spacial score (nSPS) is 10.7. The summed E-state index contributed by atoms with van der Waals surface area (Å²) < 4.78 is 50.5. The van der Waals surface area contributed by atoms with Crippen LogP contribution in [0.15, 0.2) is 18.2 Å². The Morgan fingerprint density at radius 3 is 2.40 bits per heavy atom. The Balaban J connectivity index is 2.63. The van der Waals surface area contributed by atoms with Crippen molar-refractivity contribution < 1.29 is 41.8 Å². The zero-order chi connectivity index (χ0) is 19.0. The summed E-state index contributed by atoms with van der Waals surface area (Å²) in [7, 11) is 1.28. The quantitative estimate of drug-likeness (QED) is 0.645. The summed E-state index contributed by atoms with van der Waals surface area (Å²) in [5.74, 6) is -2.53. The number of ether oxygens (including phenoxy) is 3. The van der Waals surface area contributed by atoms with Gasteiger partial charge in [0.05, 0.1) is 12.7 Å². The van der Waals surface area contributed by atoms with Crippen LogP contribution in [0.4, 0.5) is 13.2 Å². The van der Waals surface area contributed by atoms with Crippen LogP contribution in [0.2, 0.25) is 0 Å². The molecule has 0 aromatic heterocycles. The highest BCUT2D eigenvalue weighted by atomic mass is 19.4. The van der Waals surface area contributed by atoms with Gasteiger partial charge < -0.3 is 25.3 Å². The van der Waals surface area contributed by atoms with Gasteiger partial charge >= 0.3 is 12.1 Å². The smallest absolute Gasteiger partial charge is 0.405 e. The third kappa shape index (κ3) is 7.42. The fourth-order valence-electron chi connectivity index (χ4n) is 1.53. The lowest BCUT2D eigenvalue weighted by Gasteiger charge is -2.11. The molecule has 0 fully saturated rings. The van der Waals surface area contributed by atoms with E-state index < -0.39 is 43.7 Å². The van der Waals surface area contributed by atoms with E-state index >= 15 is 0 Å². The SMILES string of the molecule is COc1cc(C(=O)OCC(=O)NCC(F)(F)F)ccc1OCC(N)=O. The number of halogens is 3. The van der Waals surface area contributed by atoms with Gasteiger partial charge in [0.2, 0.25) is 0 Å². The minimum atomic E-state index is -4.56. The number of hydrogen-bond donors (Lipinski definition) is 2. The maximum atomic E-state index is 11.9. The van der Waals surface area contributed by atoms with Crippen LogP contribution in [0.25, 0.3) is 0 Å². The number of primary amides is 1.